The Kier molecular flexibility index (Phi) is 6.02. The first-order valence-corrected chi connectivity index (χ1v) is 9.09. The molecule has 0 aromatic heterocycles. The van der Waals surface area contributed by atoms with Gasteiger partial charge in [-0.2, -0.15) is 0 Å². The topological polar surface area (TPSA) is 55.4 Å². The minimum absolute atomic E-state index is 0.0534. The molecular formula is C21H18BrNO3. The molecule has 0 aliphatic rings. The van der Waals surface area contributed by atoms with Crippen LogP contribution in [-0.2, 0) is 20.9 Å². The van der Waals surface area contributed by atoms with Gasteiger partial charge in [0.15, 0.2) is 0 Å². The van der Waals surface area contributed by atoms with E-state index in [1.165, 1.54) is 0 Å². The van der Waals surface area contributed by atoms with Crippen molar-refractivity contribution in [1.29, 1.82) is 0 Å². The lowest BCUT2D eigenvalue weighted by Crippen LogP contribution is -2.14. The summed E-state index contributed by atoms with van der Waals surface area (Å²) in [7, 11) is 0. The monoisotopic (exact) mass is 411 g/mol. The predicted octanol–water partition coefficient (Wildman–Crippen LogP) is 5.06. The van der Waals surface area contributed by atoms with Crippen molar-refractivity contribution in [3.63, 3.8) is 0 Å². The summed E-state index contributed by atoms with van der Waals surface area (Å²) in [6.45, 7) is 0.223. The quantitative estimate of drug-likeness (QED) is 0.576. The van der Waals surface area contributed by atoms with E-state index < -0.39 is 0 Å². The third kappa shape index (κ3) is 4.92. The summed E-state index contributed by atoms with van der Waals surface area (Å²) in [6.07, 6.45) is 0.141. The van der Waals surface area contributed by atoms with E-state index >= 15 is 0 Å². The number of amides is 1. The van der Waals surface area contributed by atoms with E-state index in [0.29, 0.717) is 5.69 Å². The largest absolute Gasteiger partial charge is 0.461 e. The van der Waals surface area contributed by atoms with Gasteiger partial charge in [0.05, 0.1) is 6.42 Å². The Hall–Kier alpha value is -2.66. The van der Waals surface area contributed by atoms with Gasteiger partial charge in [-0.1, -0.05) is 64.5 Å². The second kappa shape index (κ2) is 8.63. The van der Waals surface area contributed by atoms with E-state index in [2.05, 4.69) is 21.2 Å². The fraction of sp³-hybridized carbons (Fsp3) is 0.143. The molecule has 132 valence electrons. The zero-order valence-electron chi connectivity index (χ0n) is 14.1. The Morgan fingerprint density at radius 2 is 1.73 bits per heavy atom. The number of ether oxygens (including phenoxy) is 1. The first-order valence-electron chi connectivity index (χ1n) is 8.29. The molecule has 1 N–H and O–H groups in total. The number of fused-ring (bicyclic) bond motifs is 1. The lowest BCUT2D eigenvalue weighted by Gasteiger charge is -2.08. The summed E-state index contributed by atoms with van der Waals surface area (Å²) in [6, 6.07) is 21.1. The fourth-order valence-corrected chi connectivity index (χ4v) is 3.08. The third-order valence-electron chi connectivity index (χ3n) is 3.91. The zero-order valence-corrected chi connectivity index (χ0v) is 15.7. The molecule has 0 aliphatic heterocycles. The fourth-order valence-electron chi connectivity index (χ4n) is 2.57. The van der Waals surface area contributed by atoms with Crippen LogP contribution in [0.5, 0.6) is 0 Å². The molecule has 0 bridgehead atoms. The van der Waals surface area contributed by atoms with Crippen LogP contribution in [0.1, 0.15) is 18.4 Å². The molecule has 0 saturated heterocycles. The highest BCUT2D eigenvalue weighted by Crippen LogP contribution is 2.26. The molecule has 0 heterocycles. The Labute approximate surface area is 160 Å². The molecule has 3 rings (SSSR count). The highest BCUT2D eigenvalue weighted by molar-refractivity contribution is 9.10. The van der Waals surface area contributed by atoms with Crippen LogP contribution < -0.4 is 5.32 Å². The Morgan fingerprint density at radius 1 is 0.923 bits per heavy atom. The summed E-state index contributed by atoms with van der Waals surface area (Å²) in [5.74, 6) is -0.595. The van der Waals surface area contributed by atoms with Crippen LogP contribution in [0.2, 0.25) is 0 Å². The van der Waals surface area contributed by atoms with E-state index in [0.717, 1.165) is 20.8 Å². The molecule has 0 unspecified atom stereocenters. The maximum atomic E-state index is 12.1. The van der Waals surface area contributed by atoms with Crippen LogP contribution >= 0.6 is 15.9 Å². The van der Waals surface area contributed by atoms with Gasteiger partial charge in [0.2, 0.25) is 5.91 Å². The van der Waals surface area contributed by atoms with Gasteiger partial charge in [0.1, 0.15) is 6.61 Å². The number of carbonyl (C=O) groups is 2. The summed E-state index contributed by atoms with van der Waals surface area (Å²) in [5.41, 5.74) is 1.63. The van der Waals surface area contributed by atoms with Gasteiger partial charge in [-0.05, 0) is 34.5 Å². The zero-order chi connectivity index (χ0) is 18.4. The number of anilines is 1. The van der Waals surface area contributed by atoms with Crippen LogP contribution in [0.25, 0.3) is 10.8 Å². The highest BCUT2D eigenvalue weighted by Gasteiger charge is 2.09. The number of rotatable bonds is 6. The van der Waals surface area contributed by atoms with E-state index in [1.54, 1.807) is 0 Å². The van der Waals surface area contributed by atoms with Crippen molar-refractivity contribution in [3.05, 3.63) is 76.8 Å². The lowest BCUT2D eigenvalue weighted by molar-refractivity contribution is -0.145. The molecule has 0 atom stereocenters. The van der Waals surface area contributed by atoms with Crippen molar-refractivity contribution in [2.75, 3.05) is 5.32 Å². The van der Waals surface area contributed by atoms with Gasteiger partial charge in [0.25, 0.3) is 0 Å². The van der Waals surface area contributed by atoms with E-state index in [-0.39, 0.29) is 31.3 Å². The van der Waals surface area contributed by atoms with Gasteiger partial charge in [0, 0.05) is 16.6 Å². The van der Waals surface area contributed by atoms with Crippen LogP contribution in [0, 0.1) is 0 Å². The molecule has 3 aromatic carbocycles. The minimum atomic E-state index is -0.383. The average molecular weight is 412 g/mol. The van der Waals surface area contributed by atoms with Crippen molar-refractivity contribution in [2.24, 2.45) is 0 Å². The summed E-state index contributed by atoms with van der Waals surface area (Å²) in [4.78, 5) is 23.8. The SMILES string of the molecule is O=C(CCC(=O)OCc1ccccc1)Nc1ccc2c(Br)cccc2c1. The number of nitrogens with one attached hydrogen (secondary N) is 1. The first kappa shape index (κ1) is 18.1. The molecule has 0 aliphatic carbocycles. The van der Waals surface area contributed by atoms with Crippen molar-refractivity contribution >= 4 is 44.3 Å². The van der Waals surface area contributed by atoms with Crippen LogP contribution in [0.15, 0.2) is 71.2 Å². The highest BCUT2D eigenvalue weighted by atomic mass is 79.9. The van der Waals surface area contributed by atoms with E-state index in [9.17, 15) is 9.59 Å². The molecule has 0 saturated carbocycles. The lowest BCUT2D eigenvalue weighted by atomic mass is 10.1. The van der Waals surface area contributed by atoms with Crippen molar-refractivity contribution < 1.29 is 14.3 Å². The molecule has 26 heavy (non-hydrogen) atoms. The summed E-state index contributed by atoms with van der Waals surface area (Å²) < 4.78 is 6.18. The average Bonchev–Trinajstić information content (AvgIpc) is 2.66. The molecule has 5 heteroatoms. The number of benzene rings is 3. The van der Waals surface area contributed by atoms with Gasteiger partial charge >= 0.3 is 5.97 Å². The molecule has 3 aromatic rings. The maximum Gasteiger partial charge on any atom is 0.306 e. The number of halogens is 1. The molecular weight excluding hydrogens is 394 g/mol. The van der Waals surface area contributed by atoms with E-state index in [1.807, 2.05) is 66.7 Å². The van der Waals surface area contributed by atoms with Crippen molar-refractivity contribution in [3.8, 4) is 0 Å². The predicted molar refractivity (Wildman–Crippen MR) is 106 cm³/mol. The normalized spacial score (nSPS) is 10.5. The van der Waals surface area contributed by atoms with Crippen LogP contribution in [0.4, 0.5) is 5.69 Å². The second-order valence-electron chi connectivity index (χ2n) is 5.87. The molecule has 1 amide bonds. The van der Waals surface area contributed by atoms with Gasteiger partial charge < -0.3 is 10.1 Å². The van der Waals surface area contributed by atoms with Crippen LogP contribution in [0.3, 0.4) is 0 Å². The summed E-state index contributed by atoms with van der Waals surface area (Å²) >= 11 is 3.51. The Bertz CT molecular complexity index is 925. The smallest absolute Gasteiger partial charge is 0.306 e. The standard InChI is InChI=1S/C21H18BrNO3/c22-19-8-4-7-16-13-17(9-10-18(16)19)23-20(24)11-12-21(25)26-14-15-5-2-1-3-6-15/h1-10,13H,11-12,14H2,(H,23,24). The number of carbonyl (C=O) groups excluding carboxylic acids is 2. The molecule has 4 nitrogen and oxygen atoms in total. The Balaban J connectivity index is 1.48. The first-order chi connectivity index (χ1) is 12.6. The molecule has 0 fully saturated rings. The number of esters is 1. The third-order valence-corrected chi connectivity index (χ3v) is 4.60. The van der Waals surface area contributed by atoms with E-state index in [4.69, 9.17) is 4.74 Å². The van der Waals surface area contributed by atoms with Gasteiger partial charge in [-0.25, -0.2) is 0 Å². The van der Waals surface area contributed by atoms with Gasteiger partial charge in [-0.15, -0.1) is 0 Å². The second-order valence-corrected chi connectivity index (χ2v) is 6.72. The Morgan fingerprint density at radius 3 is 2.54 bits per heavy atom. The van der Waals surface area contributed by atoms with Crippen molar-refractivity contribution in [2.45, 2.75) is 19.4 Å². The van der Waals surface area contributed by atoms with Crippen LogP contribution in [-0.4, -0.2) is 11.9 Å². The van der Waals surface area contributed by atoms with Crippen molar-refractivity contribution in [1.82, 2.24) is 0 Å². The summed E-state index contributed by atoms with van der Waals surface area (Å²) in [5, 5.41) is 4.93. The van der Waals surface area contributed by atoms with Gasteiger partial charge in [-0.3, -0.25) is 9.59 Å². The molecule has 0 radical (unpaired) electrons. The minimum Gasteiger partial charge on any atom is -0.461 e. The molecule has 0 spiro atoms. The number of hydrogen-bond acceptors (Lipinski definition) is 3. The number of hydrogen-bond donors (Lipinski definition) is 1. The maximum absolute atomic E-state index is 12.1.